The summed E-state index contributed by atoms with van der Waals surface area (Å²) in [4.78, 5) is 0. The maximum Gasteiger partial charge on any atom is 0.122 e. The van der Waals surface area contributed by atoms with Gasteiger partial charge in [0.1, 0.15) is 11.5 Å². The molecule has 0 radical (unpaired) electrons. The normalized spacial score (nSPS) is 10.5. The van der Waals surface area contributed by atoms with Gasteiger partial charge in [0.05, 0.1) is 0 Å². The smallest absolute Gasteiger partial charge is 0.122 e. The van der Waals surface area contributed by atoms with E-state index in [2.05, 4.69) is 6.92 Å². The first-order valence-corrected chi connectivity index (χ1v) is 5.75. The van der Waals surface area contributed by atoms with E-state index in [-0.39, 0.29) is 11.5 Å². The molecule has 1 aromatic rings. The number of phenolic OH excluding ortho intramolecular Hbond substituents is 2. The van der Waals surface area contributed by atoms with Crippen molar-refractivity contribution in [2.45, 2.75) is 45.4 Å². The molecule has 0 saturated carbocycles. The minimum atomic E-state index is 0.127. The fourth-order valence-electron chi connectivity index (χ4n) is 1.68. The summed E-state index contributed by atoms with van der Waals surface area (Å²) in [6.07, 6.45) is 7.05. The van der Waals surface area contributed by atoms with Crippen LogP contribution in [0.4, 0.5) is 0 Å². The van der Waals surface area contributed by atoms with Gasteiger partial charge in [-0.2, -0.15) is 0 Å². The molecule has 0 amide bonds. The molecule has 0 aliphatic heterocycles. The Hall–Kier alpha value is -1.18. The van der Waals surface area contributed by atoms with Crippen molar-refractivity contribution >= 4 is 0 Å². The third kappa shape index (κ3) is 4.24. The van der Waals surface area contributed by atoms with Crippen LogP contribution in [0.5, 0.6) is 11.5 Å². The summed E-state index contributed by atoms with van der Waals surface area (Å²) >= 11 is 0. The van der Waals surface area contributed by atoms with Crippen molar-refractivity contribution in [2.24, 2.45) is 0 Å². The summed E-state index contributed by atoms with van der Waals surface area (Å²) < 4.78 is 0. The number of hydrogen-bond acceptors (Lipinski definition) is 2. The Labute approximate surface area is 91.6 Å². The van der Waals surface area contributed by atoms with E-state index >= 15 is 0 Å². The second-order valence-corrected chi connectivity index (χ2v) is 3.98. The summed E-state index contributed by atoms with van der Waals surface area (Å²) in [5, 5.41) is 18.7. The summed E-state index contributed by atoms with van der Waals surface area (Å²) in [5.41, 5.74) is 0.935. The fraction of sp³-hybridized carbons (Fsp3) is 0.538. The van der Waals surface area contributed by atoms with E-state index in [9.17, 15) is 5.11 Å². The average molecular weight is 208 g/mol. The Morgan fingerprint density at radius 1 is 1.00 bits per heavy atom. The van der Waals surface area contributed by atoms with Crippen molar-refractivity contribution in [2.75, 3.05) is 0 Å². The predicted molar refractivity (Wildman–Crippen MR) is 62.2 cm³/mol. The Kier molecular flexibility index (Phi) is 5.02. The first-order valence-electron chi connectivity index (χ1n) is 5.75. The molecule has 0 aliphatic carbocycles. The van der Waals surface area contributed by atoms with E-state index < -0.39 is 0 Å². The highest BCUT2D eigenvalue weighted by atomic mass is 16.3. The first-order chi connectivity index (χ1) is 7.24. The lowest BCUT2D eigenvalue weighted by molar-refractivity contribution is 0.445. The summed E-state index contributed by atoms with van der Waals surface area (Å²) in [6, 6.07) is 4.83. The first kappa shape index (κ1) is 11.9. The van der Waals surface area contributed by atoms with Crippen LogP contribution in [0, 0.1) is 0 Å². The topological polar surface area (TPSA) is 40.5 Å². The summed E-state index contributed by atoms with van der Waals surface area (Å²) in [6.45, 7) is 2.20. The van der Waals surface area contributed by atoms with E-state index in [4.69, 9.17) is 5.11 Å². The highest BCUT2D eigenvalue weighted by molar-refractivity contribution is 5.38. The molecule has 15 heavy (non-hydrogen) atoms. The van der Waals surface area contributed by atoms with Gasteiger partial charge in [-0.1, -0.05) is 38.7 Å². The zero-order chi connectivity index (χ0) is 11.1. The third-order valence-corrected chi connectivity index (χ3v) is 2.62. The van der Waals surface area contributed by atoms with Gasteiger partial charge in [-0.3, -0.25) is 0 Å². The number of benzene rings is 1. The van der Waals surface area contributed by atoms with Crippen LogP contribution in [-0.2, 0) is 6.42 Å². The van der Waals surface area contributed by atoms with E-state index in [1.165, 1.54) is 31.7 Å². The molecule has 0 heterocycles. The van der Waals surface area contributed by atoms with Crippen LogP contribution in [0.1, 0.15) is 44.6 Å². The van der Waals surface area contributed by atoms with Crippen LogP contribution in [0.15, 0.2) is 18.2 Å². The molecule has 2 nitrogen and oxygen atoms in total. The van der Waals surface area contributed by atoms with Gasteiger partial charge < -0.3 is 10.2 Å². The quantitative estimate of drug-likeness (QED) is 0.701. The Morgan fingerprint density at radius 2 is 1.73 bits per heavy atom. The number of aromatic hydroxyl groups is 2. The number of phenols is 2. The molecule has 1 rings (SSSR count). The van der Waals surface area contributed by atoms with Crippen LogP contribution >= 0.6 is 0 Å². The third-order valence-electron chi connectivity index (χ3n) is 2.62. The lowest BCUT2D eigenvalue weighted by Crippen LogP contribution is -1.86. The maximum absolute atomic E-state index is 9.53. The van der Waals surface area contributed by atoms with Crippen molar-refractivity contribution < 1.29 is 10.2 Å². The van der Waals surface area contributed by atoms with Crippen LogP contribution in [0.2, 0.25) is 0 Å². The summed E-state index contributed by atoms with van der Waals surface area (Å²) in [5.74, 6) is 0.340. The number of unbranched alkanes of at least 4 members (excludes halogenated alkanes) is 4. The molecule has 0 unspecified atom stereocenters. The molecule has 0 spiro atoms. The second-order valence-electron chi connectivity index (χ2n) is 3.98. The van der Waals surface area contributed by atoms with Gasteiger partial charge in [-0.25, -0.2) is 0 Å². The minimum absolute atomic E-state index is 0.127. The van der Waals surface area contributed by atoms with Crippen LogP contribution in [0.25, 0.3) is 0 Å². The largest absolute Gasteiger partial charge is 0.508 e. The predicted octanol–water partition coefficient (Wildman–Crippen LogP) is 3.61. The van der Waals surface area contributed by atoms with Gasteiger partial charge in [-0.15, -0.1) is 0 Å². The van der Waals surface area contributed by atoms with Crippen molar-refractivity contribution in [3.63, 3.8) is 0 Å². The van der Waals surface area contributed by atoms with Gasteiger partial charge in [-0.05, 0) is 24.5 Å². The number of hydrogen-bond donors (Lipinski definition) is 2. The Morgan fingerprint density at radius 3 is 2.40 bits per heavy atom. The standard InChI is InChI=1S/C13H20O2/c1-2-3-4-5-6-7-11-8-9-12(14)10-13(11)15/h8-10,14-15H,2-7H2,1H3. The van der Waals surface area contributed by atoms with E-state index in [1.54, 1.807) is 12.1 Å². The second kappa shape index (κ2) is 6.33. The molecule has 0 aliphatic rings. The van der Waals surface area contributed by atoms with E-state index in [1.807, 2.05) is 0 Å². The average Bonchev–Trinajstić information content (AvgIpc) is 2.20. The molecule has 2 heteroatoms. The van der Waals surface area contributed by atoms with E-state index in [0.717, 1.165) is 18.4 Å². The molecule has 0 fully saturated rings. The molecule has 84 valence electrons. The van der Waals surface area contributed by atoms with Crippen molar-refractivity contribution in [3.8, 4) is 11.5 Å². The molecule has 0 saturated heterocycles. The van der Waals surface area contributed by atoms with Crippen molar-refractivity contribution in [3.05, 3.63) is 23.8 Å². The number of rotatable bonds is 6. The molecular formula is C13H20O2. The molecule has 0 bridgehead atoms. The summed E-state index contributed by atoms with van der Waals surface area (Å²) in [7, 11) is 0. The van der Waals surface area contributed by atoms with Gasteiger partial charge >= 0.3 is 0 Å². The SMILES string of the molecule is CCCCCCCc1ccc(O)cc1O. The zero-order valence-electron chi connectivity index (χ0n) is 9.37. The molecule has 0 atom stereocenters. The number of aryl methyl sites for hydroxylation is 1. The van der Waals surface area contributed by atoms with Crippen molar-refractivity contribution in [1.82, 2.24) is 0 Å². The molecule has 2 N–H and O–H groups in total. The Balaban J connectivity index is 2.31. The van der Waals surface area contributed by atoms with Gasteiger partial charge in [0.25, 0.3) is 0 Å². The highest BCUT2D eigenvalue weighted by Gasteiger charge is 2.01. The van der Waals surface area contributed by atoms with Gasteiger partial charge in [0.15, 0.2) is 0 Å². The van der Waals surface area contributed by atoms with Crippen LogP contribution in [0.3, 0.4) is 0 Å². The molecular weight excluding hydrogens is 188 g/mol. The Bertz CT molecular complexity index is 295. The van der Waals surface area contributed by atoms with Crippen LogP contribution < -0.4 is 0 Å². The molecule has 0 aromatic heterocycles. The lowest BCUT2D eigenvalue weighted by atomic mass is 10.0. The van der Waals surface area contributed by atoms with Crippen LogP contribution in [-0.4, -0.2) is 10.2 Å². The maximum atomic E-state index is 9.53. The fourth-order valence-corrected chi connectivity index (χ4v) is 1.68. The lowest BCUT2D eigenvalue weighted by Gasteiger charge is -2.04. The monoisotopic (exact) mass is 208 g/mol. The highest BCUT2D eigenvalue weighted by Crippen LogP contribution is 2.24. The van der Waals surface area contributed by atoms with Gasteiger partial charge in [0, 0.05) is 6.07 Å². The van der Waals surface area contributed by atoms with Crippen molar-refractivity contribution in [1.29, 1.82) is 0 Å². The van der Waals surface area contributed by atoms with E-state index in [0.29, 0.717) is 0 Å². The zero-order valence-corrected chi connectivity index (χ0v) is 9.37. The molecule has 1 aromatic carbocycles. The van der Waals surface area contributed by atoms with Gasteiger partial charge in [0.2, 0.25) is 0 Å². The minimum Gasteiger partial charge on any atom is -0.508 e.